The van der Waals surface area contributed by atoms with Crippen molar-refractivity contribution in [2.24, 2.45) is 5.73 Å². The largest absolute Gasteiger partial charge is 0.379 e. The van der Waals surface area contributed by atoms with Crippen molar-refractivity contribution in [1.82, 2.24) is 10.2 Å². The molecule has 1 aromatic rings. The van der Waals surface area contributed by atoms with Crippen LogP contribution >= 0.6 is 11.8 Å². The van der Waals surface area contributed by atoms with E-state index in [4.69, 9.17) is 10.5 Å². The summed E-state index contributed by atoms with van der Waals surface area (Å²) in [4.78, 5) is 15.0. The van der Waals surface area contributed by atoms with E-state index < -0.39 is 6.04 Å². The standard InChI is InChI=1S/C18H27N3O2S/c1-14-2-4-15(5-3-14)16(19)17(22)20-12-18(6-11-24-13-18)21-7-9-23-10-8-21/h2-5,16H,6-13,19H2,1H3,(H,20,22). The number of hydrogen-bond acceptors (Lipinski definition) is 5. The summed E-state index contributed by atoms with van der Waals surface area (Å²) in [7, 11) is 0. The molecule has 0 aliphatic carbocycles. The van der Waals surface area contributed by atoms with Crippen molar-refractivity contribution >= 4 is 17.7 Å². The van der Waals surface area contributed by atoms with Crippen molar-refractivity contribution in [2.45, 2.75) is 24.9 Å². The van der Waals surface area contributed by atoms with Crippen molar-refractivity contribution in [3.05, 3.63) is 35.4 Å². The third-order valence-electron chi connectivity index (χ3n) is 5.08. The van der Waals surface area contributed by atoms with Gasteiger partial charge in [-0.15, -0.1) is 0 Å². The Morgan fingerprint density at radius 1 is 1.38 bits per heavy atom. The summed E-state index contributed by atoms with van der Waals surface area (Å²) in [5.74, 6) is 2.12. The zero-order valence-electron chi connectivity index (χ0n) is 14.3. The number of thioether (sulfide) groups is 1. The molecule has 132 valence electrons. The zero-order chi connectivity index (χ0) is 17.0. The Balaban J connectivity index is 1.61. The molecule has 2 atom stereocenters. The lowest BCUT2D eigenvalue weighted by Crippen LogP contribution is -2.59. The molecule has 2 aliphatic heterocycles. The van der Waals surface area contributed by atoms with Crippen LogP contribution in [0.15, 0.2) is 24.3 Å². The van der Waals surface area contributed by atoms with Gasteiger partial charge in [0, 0.05) is 30.9 Å². The summed E-state index contributed by atoms with van der Waals surface area (Å²) in [6.45, 7) is 6.14. The molecule has 0 spiro atoms. The van der Waals surface area contributed by atoms with Crippen molar-refractivity contribution in [3.63, 3.8) is 0 Å². The highest BCUT2D eigenvalue weighted by molar-refractivity contribution is 7.99. The fourth-order valence-corrected chi connectivity index (χ4v) is 4.90. The molecule has 2 aliphatic rings. The molecule has 2 unspecified atom stereocenters. The third kappa shape index (κ3) is 3.94. The van der Waals surface area contributed by atoms with Gasteiger partial charge in [-0.05, 0) is 24.7 Å². The Morgan fingerprint density at radius 3 is 2.71 bits per heavy atom. The number of benzene rings is 1. The van der Waals surface area contributed by atoms with Crippen molar-refractivity contribution < 1.29 is 9.53 Å². The highest BCUT2D eigenvalue weighted by Gasteiger charge is 2.41. The molecule has 0 radical (unpaired) electrons. The lowest BCUT2D eigenvalue weighted by atomic mass is 9.95. The third-order valence-corrected chi connectivity index (χ3v) is 6.31. The molecule has 3 rings (SSSR count). The van der Waals surface area contributed by atoms with Crippen LogP contribution in [0.2, 0.25) is 0 Å². The van der Waals surface area contributed by atoms with Crippen molar-refractivity contribution in [1.29, 1.82) is 0 Å². The zero-order valence-corrected chi connectivity index (χ0v) is 15.1. The second-order valence-corrected chi connectivity index (χ2v) is 7.84. The molecule has 0 bridgehead atoms. The van der Waals surface area contributed by atoms with Gasteiger partial charge >= 0.3 is 0 Å². The maximum atomic E-state index is 12.5. The molecule has 2 saturated heterocycles. The number of carbonyl (C=O) groups is 1. The molecule has 24 heavy (non-hydrogen) atoms. The summed E-state index contributed by atoms with van der Waals surface area (Å²) < 4.78 is 5.48. The number of ether oxygens (including phenoxy) is 1. The van der Waals surface area contributed by atoms with Gasteiger partial charge in [-0.2, -0.15) is 11.8 Å². The first kappa shape index (κ1) is 17.7. The van der Waals surface area contributed by atoms with Gasteiger partial charge in [-0.3, -0.25) is 9.69 Å². The number of rotatable bonds is 5. The van der Waals surface area contributed by atoms with Crippen LogP contribution in [-0.2, 0) is 9.53 Å². The van der Waals surface area contributed by atoms with E-state index in [0.29, 0.717) is 6.54 Å². The van der Waals surface area contributed by atoms with E-state index >= 15 is 0 Å². The Labute approximate surface area is 148 Å². The van der Waals surface area contributed by atoms with Gasteiger partial charge in [0.05, 0.1) is 13.2 Å². The molecule has 2 heterocycles. The minimum atomic E-state index is -0.610. The van der Waals surface area contributed by atoms with Crippen LogP contribution in [0.4, 0.5) is 0 Å². The van der Waals surface area contributed by atoms with Crippen LogP contribution in [-0.4, -0.2) is 60.7 Å². The number of hydrogen-bond donors (Lipinski definition) is 2. The van der Waals surface area contributed by atoms with Gasteiger partial charge in [0.25, 0.3) is 0 Å². The van der Waals surface area contributed by atoms with Crippen molar-refractivity contribution in [2.75, 3.05) is 44.4 Å². The van der Waals surface area contributed by atoms with E-state index in [1.165, 1.54) is 5.56 Å². The minimum absolute atomic E-state index is 0.0527. The van der Waals surface area contributed by atoms with Crippen LogP contribution in [0, 0.1) is 6.92 Å². The maximum absolute atomic E-state index is 12.5. The molecule has 5 nitrogen and oxygen atoms in total. The summed E-state index contributed by atoms with van der Waals surface area (Å²) in [5.41, 5.74) is 8.22. The first-order valence-electron chi connectivity index (χ1n) is 8.61. The minimum Gasteiger partial charge on any atom is -0.379 e. The van der Waals surface area contributed by atoms with Crippen molar-refractivity contribution in [3.8, 4) is 0 Å². The second kappa shape index (κ2) is 7.87. The predicted molar refractivity (Wildman–Crippen MR) is 98.2 cm³/mol. The van der Waals surface area contributed by atoms with Gasteiger partial charge in [0.15, 0.2) is 0 Å². The maximum Gasteiger partial charge on any atom is 0.241 e. The van der Waals surface area contributed by atoms with Gasteiger partial charge in [0.1, 0.15) is 6.04 Å². The van der Waals surface area contributed by atoms with Gasteiger partial charge in [-0.25, -0.2) is 0 Å². The lowest BCUT2D eigenvalue weighted by molar-refractivity contribution is -0.123. The Kier molecular flexibility index (Phi) is 5.81. The van der Waals surface area contributed by atoms with Gasteiger partial charge in [-0.1, -0.05) is 29.8 Å². The Bertz CT molecular complexity index is 552. The monoisotopic (exact) mass is 349 g/mol. The van der Waals surface area contributed by atoms with Crippen LogP contribution in [0.1, 0.15) is 23.6 Å². The molecule has 0 aromatic heterocycles. The number of amides is 1. The van der Waals surface area contributed by atoms with E-state index in [2.05, 4.69) is 10.2 Å². The Hall–Kier alpha value is -1.08. The summed E-state index contributed by atoms with van der Waals surface area (Å²) in [6, 6.07) is 7.24. The topological polar surface area (TPSA) is 67.6 Å². The highest BCUT2D eigenvalue weighted by Crippen LogP contribution is 2.33. The van der Waals surface area contributed by atoms with Crippen LogP contribution in [0.3, 0.4) is 0 Å². The fraction of sp³-hybridized carbons (Fsp3) is 0.611. The number of morpholine rings is 1. The molecular weight excluding hydrogens is 322 g/mol. The van der Waals surface area contributed by atoms with Gasteiger partial charge in [0.2, 0.25) is 5.91 Å². The van der Waals surface area contributed by atoms with Gasteiger partial charge < -0.3 is 15.8 Å². The lowest BCUT2D eigenvalue weighted by Gasteiger charge is -2.43. The van der Waals surface area contributed by atoms with Crippen LogP contribution in [0.5, 0.6) is 0 Å². The first-order valence-corrected chi connectivity index (χ1v) is 9.77. The molecule has 0 saturated carbocycles. The summed E-state index contributed by atoms with van der Waals surface area (Å²) in [6.07, 6.45) is 1.11. The number of carbonyl (C=O) groups excluding carboxylic acids is 1. The normalized spacial score (nSPS) is 26.2. The number of nitrogens with one attached hydrogen (secondary N) is 1. The first-order chi connectivity index (χ1) is 11.6. The Morgan fingerprint density at radius 2 is 2.08 bits per heavy atom. The molecule has 2 fully saturated rings. The highest BCUT2D eigenvalue weighted by atomic mass is 32.2. The van der Waals surface area contributed by atoms with E-state index in [-0.39, 0.29) is 11.4 Å². The fourth-order valence-electron chi connectivity index (χ4n) is 3.42. The number of aryl methyl sites for hydroxylation is 1. The molecular formula is C18H27N3O2S. The second-order valence-electron chi connectivity index (χ2n) is 6.73. The van der Waals surface area contributed by atoms with E-state index in [1.54, 1.807) is 0 Å². The molecule has 6 heteroatoms. The quantitative estimate of drug-likeness (QED) is 0.839. The molecule has 1 aromatic carbocycles. The molecule has 3 N–H and O–H groups in total. The smallest absolute Gasteiger partial charge is 0.241 e. The summed E-state index contributed by atoms with van der Waals surface area (Å²) in [5, 5.41) is 3.12. The average molecular weight is 350 g/mol. The number of nitrogens with zero attached hydrogens (tertiary/aromatic N) is 1. The van der Waals surface area contributed by atoms with E-state index in [1.807, 2.05) is 43.0 Å². The molecule has 1 amide bonds. The van der Waals surface area contributed by atoms with E-state index in [0.717, 1.165) is 49.8 Å². The number of nitrogens with two attached hydrogens (primary N) is 1. The SMILES string of the molecule is Cc1ccc(C(N)C(=O)NCC2(N3CCOCC3)CCSC2)cc1. The van der Waals surface area contributed by atoms with Crippen LogP contribution in [0.25, 0.3) is 0 Å². The summed E-state index contributed by atoms with van der Waals surface area (Å²) >= 11 is 1.97. The van der Waals surface area contributed by atoms with E-state index in [9.17, 15) is 4.79 Å². The average Bonchev–Trinajstić information content (AvgIpc) is 3.11. The predicted octanol–water partition coefficient (Wildman–Crippen LogP) is 1.32. The van der Waals surface area contributed by atoms with Crippen LogP contribution < -0.4 is 11.1 Å².